The smallest absolute Gasteiger partial charge is 0.437 e. The Hall–Kier alpha value is -2.97. The summed E-state index contributed by atoms with van der Waals surface area (Å²) in [5.74, 6) is -0.393. The van der Waals surface area contributed by atoms with Crippen molar-refractivity contribution in [1.29, 1.82) is 0 Å². The first kappa shape index (κ1) is 41.5. The van der Waals surface area contributed by atoms with E-state index in [1.54, 1.807) is 41.5 Å². The third-order valence-corrected chi connectivity index (χ3v) is 8.35. The number of carbonyl (C=O) groups is 4. The Kier molecular flexibility index (Phi) is 15.3. The number of amides is 3. The molecule has 1 unspecified atom stereocenters. The molecule has 0 radical (unpaired) electrons. The standard InChI is InChI=1S/C36H63N5O9/c1-34(2,3)48-29(42)23-28(37-25-13-12-21-46-24-25)30(43)41-18-11-10-14-26(41)17-22-47-27-15-19-40(20-16-27)31(38-32(44)49-35(4,5)6)39-33(45)50-36(7,8)9/h25-28,37H,10-24H2,1-9H3,(H,38,39,44,45)/t25?,26-,28-/m0/s1. The van der Waals surface area contributed by atoms with Gasteiger partial charge in [0.2, 0.25) is 11.9 Å². The second-order valence-corrected chi connectivity index (χ2v) is 16.5. The number of carbonyl (C=O) groups excluding carboxylic acids is 4. The first-order chi connectivity index (χ1) is 23.3. The molecule has 3 aliphatic rings. The number of hydrogen-bond acceptors (Lipinski definition) is 10. The van der Waals surface area contributed by atoms with Gasteiger partial charge >= 0.3 is 18.2 Å². The van der Waals surface area contributed by atoms with Crippen LogP contribution in [0.25, 0.3) is 0 Å². The minimum atomic E-state index is -0.802. The zero-order valence-electron chi connectivity index (χ0n) is 31.9. The maximum absolute atomic E-state index is 14.0. The van der Waals surface area contributed by atoms with E-state index >= 15 is 0 Å². The monoisotopic (exact) mass is 709 g/mol. The molecule has 14 heteroatoms. The van der Waals surface area contributed by atoms with Crippen LogP contribution in [-0.4, -0.2) is 120 Å². The van der Waals surface area contributed by atoms with E-state index in [-0.39, 0.29) is 36.5 Å². The maximum atomic E-state index is 14.0. The number of aliphatic imine (C=N–C) groups is 1. The first-order valence-electron chi connectivity index (χ1n) is 18.3. The van der Waals surface area contributed by atoms with Crippen LogP contribution in [0.3, 0.4) is 0 Å². The Bertz CT molecular complexity index is 1160. The van der Waals surface area contributed by atoms with E-state index < -0.39 is 41.0 Å². The lowest BCUT2D eigenvalue weighted by molar-refractivity contribution is -0.158. The summed E-state index contributed by atoms with van der Waals surface area (Å²) in [6, 6.07) is -0.674. The zero-order valence-corrected chi connectivity index (χ0v) is 31.9. The molecule has 2 N–H and O–H groups in total. The van der Waals surface area contributed by atoms with E-state index in [0.717, 1.165) is 32.1 Å². The predicted octanol–water partition coefficient (Wildman–Crippen LogP) is 4.92. The molecular formula is C36H63N5O9. The fraction of sp³-hybridized carbons (Fsp3) is 0.861. The number of hydrogen-bond donors (Lipinski definition) is 2. The quantitative estimate of drug-likeness (QED) is 0.145. The average Bonchev–Trinajstić information content (AvgIpc) is 2.98. The number of alkyl carbamates (subject to hydrolysis) is 1. The Labute approximate surface area is 298 Å². The average molecular weight is 710 g/mol. The molecule has 50 heavy (non-hydrogen) atoms. The highest BCUT2D eigenvalue weighted by Crippen LogP contribution is 2.24. The molecule has 3 fully saturated rings. The number of rotatable bonds is 9. The number of guanidine groups is 1. The number of nitrogens with one attached hydrogen (secondary N) is 2. The minimum absolute atomic E-state index is 0.00612. The lowest BCUT2D eigenvalue weighted by Crippen LogP contribution is -2.56. The molecule has 3 aliphatic heterocycles. The summed E-state index contributed by atoms with van der Waals surface area (Å²) in [6.45, 7) is 19.3. The van der Waals surface area contributed by atoms with Crippen molar-refractivity contribution in [2.24, 2.45) is 4.99 Å². The highest BCUT2D eigenvalue weighted by Gasteiger charge is 2.36. The molecule has 0 spiro atoms. The van der Waals surface area contributed by atoms with Crippen LogP contribution in [0.1, 0.15) is 120 Å². The Morgan fingerprint density at radius 1 is 0.820 bits per heavy atom. The second-order valence-electron chi connectivity index (χ2n) is 16.5. The highest BCUT2D eigenvalue weighted by atomic mass is 16.6. The second kappa shape index (κ2) is 18.5. The summed E-state index contributed by atoms with van der Waals surface area (Å²) in [6.07, 6.45) is 5.03. The van der Waals surface area contributed by atoms with E-state index in [1.807, 2.05) is 30.6 Å². The maximum Gasteiger partial charge on any atom is 0.437 e. The third kappa shape index (κ3) is 15.5. The van der Waals surface area contributed by atoms with E-state index in [9.17, 15) is 19.2 Å². The van der Waals surface area contributed by atoms with E-state index in [4.69, 9.17) is 23.7 Å². The van der Waals surface area contributed by atoms with Crippen molar-refractivity contribution in [3.63, 3.8) is 0 Å². The Morgan fingerprint density at radius 2 is 1.48 bits per heavy atom. The molecule has 0 aliphatic carbocycles. The molecule has 3 amide bonds. The van der Waals surface area contributed by atoms with Gasteiger partial charge in [-0.2, -0.15) is 0 Å². The normalized spacial score (nSPS) is 22.1. The van der Waals surface area contributed by atoms with Gasteiger partial charge in [0.1, 0.15) is 16.8 Å². The number of esters is 1. The highest BCUT2D eigenvalue weighted by molar-refractivity contribution is 5.99. The van der Waals surface area contributed by atoms with Gasteiger partial charge < -0.3 is 38.8 Å². The van der Waals surface area contributed by atoms with Gasteiger partial charge in [-0.1, -0.05) is 0 Å². The molecule has 3 rings (SSSR count). The van der Waals surface area contributed by atoms with Crippen molar-refractivity contribution in [2.75, 3.05) is 39.5 Å². The Morgan fingerprint density at radius 3 is 2.08 bits per heavy atom. The van der Waals surface area contributed by atoms with Crippen LogP contribution < -0.4 is 10.6 Å². The van der Waals surface area contributed by atoms with Crippen LogP contribution in [0.15, 0.2) is 4.99 Å². The first-order valence-corrected chi connectivity index (χ1v) is 18.3. The molecule has 286 valence electrons. The van der Waals surface area contributed by atoms with E-state index in [2.05, 4.69) is 15.6 Å². The zero-order chi connectivity index (χ0) is 37.1. The summed E-state index contributed by atoms with van der Waals surface area (Å²) in [4.78, 5) is 59.8. The van der Waals surface area contributed by atoms with Gasteiger partial charge in [-0.3, -0.25) is 14.9 Å². The van der Waals surface area contributed by atoms with Gasteiger partial charge in [-0.25, -0.2) is 9.59 Å². The lowest BCUT2D eigenvalue weighted by Gasteiger charge is -2.39. The SMILES string of the molecule is CC(C)(C)OC(=O)C[C@H](NC1CCCOC1)C(=O)N1CCCC[C@H]1CCOC1CCN(/C(=N/C(=O)OC(C)(C)C)NC(=O)OC(C)(C)C)CC1. The summed E-state index contributed by atoms with van der Waals surface area (Å²) in [5.41, 5.74) is -2.10. The van der Waals surface area contributed by atoms with Crippen LogP contribution in [0.4, 0.5) is 9.59 Å². The molecule has 0 aromatic heterocycles. The topological polar surface area (TPSA) is 157 Å². The van der Waals surface area contributed by atoms with Crippen LogP contribution in [0.2, 0.25) is 0 Å². The number of likely N-dealkylation sites (tertiary alicyclic amines) is 2. The van der Waals surface area contributed by atoms with Gasteiger partial charge in [0, 0.05) is 44.9 Å². The van der Waals surface area contributed by atoms with Gasteiger partial charge in [0.05, 0.1) is 25.2 Å². The molecule has 3 atom stereocenters. The Balaban J connectivity index is 1.58. The number of piperidine rings is 2. The summed E-state index contributed by atoms with van der Waals surface area (Å²) in [5, 5.41) is 6.06. The minimum Gasteiger partial charge on any atom is -0.460 e. The fourth-order valence-corrected chi connectivity index (χ4v) is 6.26. The van der Waals surface area contributed by atoms with Gasteiger partial charge in [-0.05, 0) is 114 Å². The van der Waals surface area contributed by atoms with Crippen LogP contribution in [0.5, 0.6) is 0 Å². The molecule has 0 aromatic rings. The van der Waals surface area contributed by atoms with Crippen molar-refractivity contribution in [3.05, 3.63) is 0 Å². The fourth-order valence-electron chi connectivity index (χ4n) is 6.26. The van der Waals surface area contributed by atoms with Crippen molar-refractivity contribution in [1.82, 2.24) is 20.4 Å². The predicted molar refractivity (Wildman–Crippen MR) is 189 cm³/mol. The van der Waals surface area contributed by atoms with Gasteiger partial charge in [0.15, 0.2) is 0 Å². The van der Waals surface area contributed by atoms with Crippen molar-refractivity contribution in [2.45, 2.75) is 161 Å². The summed E-state index contributed by atoms with van der Waals surface area (Å²) < 4.78 is 28.3. The van der Waals surface area contributed by atoms with Gasteiger partial charge in [-0.15, -0.1) is 4.99 Å². The van der Waals surface area contributed by atoms with E-state index in [1.165, 1.54) is 0 Å². The summed E-state index contributed by atoms with van der Waals surface area (Å²) in [7, 11) is 0. The molecular weight excluding hydrogens is 646 g/mol. The summed E-state index contributed by atoms with van der Waals surface area (Å²) >= 11 is 0. The third-order valence-electron chi connectivity index (χ3n) is 8.35. The van der Waals surface area contributed by atoms with Crippen LogP contribution in [0, 0.1) is 0 Å². The lowest BCUT2D eigenvalue weighted by atomic mass is 9.97. The largest absolute Gasteiger partial charge is 0.460 e. The molecule has 0 bridgehead atoms. The molecule has 3 saturated heterocycles. The van der Waals surface area contributed by atoms with Gasteiger partial charge in [0.25, 0.3) is 0 Å². The molecule has 0 saturated carbocycles. The van der Waals surface area contributed by atoms with Crippen LogP contribution >= 0.6 is 0 Å². The molecule has 0 aromatic carbocycles. The molecule has 14 nitrogen and oxygen atoms in total. The van der Waals surface area contributed by atoms with Crippen LogP contribution in [-0.2, 0) is 33.3 Å². The van der Waals surface area contributed by atoms with Crippen molar-refractivity contribution in [3.8, 4) is 0 Å². The van der Waals surface area contributed by atoms with Crippen molar-refractivity contribution < 1.29 is 42.9 Å². The number of nitrogens with zero attached hydrogens (tertiary/aromatic N) is 3. The van der Waals surface area contributed by atoms with E-state index in [0.29, 0.717) is 58.7 Å². The number of ether oxygens (including phenoxy) is 5. The van der Waals surface area contributed by atoms with Crippen molar-refractivity contribution >= 4 is 30.0 Å². The molecule has 3 heterocycles.